The van der Waals surface area contributed by atoms with Crippen molar-refractivity contribution in [3.8, 4) is 0 Å². The fourth-order valence-electron chi connectivity index (χ4n) is 2.19. The van der Waals surface area contributed by atoms with Crippen LogP contribution in [0.4, 0.5) is 10.1 Å². The highest BCUT2D eigenvalue weighted by molar-refractivity contribution is 7.17. The second-order valence-corrected chi connectivity index (χ2v) is 5.58. The molecule has 1 heterocycles. The third-order valence-electron chi connectivity index (χ3n) is 3.28. The summed E-state index contributed by atoms with van der Waals surface area (Å²) in [6.45, 7) is 0.605. The lowest BCUT2D eigenvalue weighted by Gasteiger charge is -2.07. The maximum atomic E-state index is 13.4. The highest BCUT2D eigenvalue weighted by Gasteiger charge is 2.09. The Morgan fingerprint density at radius 1 is 1.24 bits per heavy atom. The van der Waals surface area contributed by atoms with E-state index in [0.29, 0.717) is 12.2 Å². The fourth-order valence-corrected chi connectivity index (χ4v) is 3.15. The van der Waals surface area contributed by atoms with Gasteiger partial charge in [-0.2, -0.15) is 0 Å². The third-order valence-corrected chi connectivity index (χ3v) is 4.29. The second-order valence-electron chi connectivity index (χ2n) is 4.67. The van der Waals surface area contributed by atoms with Gasteiger partial charge in [0.25, 0.3) is 5.91 Å². The highest BCUT2D eigenvalue weighted by Crippen LogP contribution is 2.26. The van der Waals surface area contributed by atoms with E-state index in [0.717, 1.165) is 0 Å². The average molecular weight is 300 g/mol. The first-order chi connectivity index (χ1) is 10.1. The summed E-state index contributed by atoms with van der Waals surface area (Å²) in [6, 6.07) is 12.4. The van der Waals surface area contributed by atoms with E-state index in [1.54, 1.807) is 17.4 Å². The molecule has 0 saturated heterocycles. The largest absolute Gasteiger partial charge is 0.381 e. The molecule has 21 heavy (non-hydrogen) atoms. The van der Waals surface area contributed by atoms with Crippen molar-refractivity contribution in [2.24, 2.45) is 5.73 Å². The van der Waals surface area contributed by atoms with Crippen molar-refractivity contribution in [1.82, 2.24) is 0 Å². The lowest BCUT2D eigenvalue weighted by atomic mass is 10.1. The van der Waals surface area contributed by atoms with Gasteiger partial charge in [-0.1, -0.05) is 18.2 Å². The third kappa shape index (κ3) is 2.73. The summed E-state index contributed by atoms with van der Waals surface area (Å²) >= 11 is 1.69. The summed E-state index contributed by atoms with van der Waals surface area (Å²) in [5.41, 5.74) is 6.88. The summed E-state index contributed by atoms with van der Waals surface area (Å²) < 4.78 is 14.6. The summed E-state index contributed by atoms with van der Waals surface area (Å²) in [5.74, 6) is -1.37. The van der Waals surface area contributed by atoms with Crippen LogP contribution in [-0.4, -0.2) is 5.91 Å². The number of fused-ring (bicyclic) bond motifs is 1. The number of anilines is 1. The molecule has 0 atom stereocenters. The minimum Gasteiger partial charge on any atom is -0.381 e. The van der Waals surface area contributed by atoms with Crippen LogP contribution in [0.3, 0.4) is 0 Å². The van der Waals surface area contributed by atoms with Crippen LogP contribution in [0, 0.1) is 5.82 Å². The number of benzene rings is 2. The summed E-state index contributed by atoms with van der Waals surface area (Å²) in [7, 11) is 0. The predicted molar refractivity (Wildman–Crippen MR) is 84.1 cm³/mol. The zero-order chi connectivity index (χ0) is 14.8. The molecule has 0 saturated carbocycles. The van der Waals surface area contributed by atoms with Crippen LogP contribution in [-0.2, 0) is 6.54 Å². The van der Waals surface area contributed by atoms with Crippen molar-refractivity contribution in [3.05, 3.63) is 64.8 Å². The standard InChI is InChI=1S/C16H13FN2OS/c17-14-6-5-11(7-13(14)16(18)20)19-8-10-9-21-15-4-2-1-3-12(10)15/h1-7,9,19H,8H2,(H2,18,20). The number of carbonyl (C=O) groups is 1. The summed E-state index contributed by atoms with van der Waals surface area (Å²) in [4.78, 5) is 11.1. The van der Waals surface area contributed by atoms with E-state index in [1.165, 1.54) is 27.8 Å². The molecule has 0 fully saturated rings. The molecular formula is C16H13FN2OS. The van der Waals surface area contributed by atoms with Gasteiger partial charge >= 0.3 is 0 Å². The Hall–Kier alpha value is -2.40. The molecule has 2 aromatic carbocycles. The molecule has 0 radical (unpaired) electrons. The van der Waals surface area contributed by atoms with E-state index in [4.69, 9.17) is 5.73 Å². The molecule has 0 unspecified atom stereocenters. The first kappa shape index (κ1) is 13.6. The van der Waals surface area contributed by atoms with Gasteiger partial charge in [-0.25, -0.2) is 4.39 Å². The molecule has 0 aliphatic heterocycles. The van der Waals surface area contributed by atoms with Gasteiger partial charge in [0.05, 0.1) is 5.56 Å². The molecule has 0 bridgehead atoms. The van der Waals surface area contributed by atoms with Crippen molar-refractivity contribution >= 4 is 33.0 Å². The number of hydrogen-bond donors (Lipinski definition) is 2. The van der Waals surface area contributed by atoms with Gasteiger partial charge in [0, 0.05) is 16.9 Å². The number of primary amides is 1. The van der Waals surface area contributed by atoms with Crippen molar-refractivity contribution in [2.45, 2.75) is 6.54 Å². The first-order valence-electron chi connectivity index (χ1n) is 6.43. The highest BCUT2D eigenvalue weighted by atomic mass is 32.1. The van der Waals surface area contributed by atoms with Gasteiger partial charge in [-0.15, -0.1) is 11.3 Å². The summed E-state index contributed by atoms with van der Waals surface area (Å²) in [6.07, 6.45) is 0. The van der Waals surface area contributed by atoms with Gasteiger partial charge in [-0.05, 0) is 40.6 Å². The number of amides is 1. The van der Waals surface area contributed by atoms with Gasteiger partial charge in [0.15, 0.2) is 0 Å². The van der Waals surface area contributed by atoms with Crippen molar-refractivity contribution in [1.29, 1.82) is 0 Å². The molecule has 3 N–H and O–H groups in total. The molecule has 1 amide bonds. The molecule has 0 aliphatic rings. The van der Waals surface area contributed by atoms with E-state index in [-0.39, 0.29) is 5.56 Å². The van der Waals surface area contributed by atoms with E-state index in [2.05, 4.69) is 22.8 Å². The molecule has 3 rings (SSSR count). The smallest absolute Gasteiger partial charge is 0.251 e. The molecular weight excluding hydrogens is 287 g/mol. The lowest BCUT2D eigenvalue weighted by molar-refractivity contribution is 0.0996. The first-order valence-corrected chi connectivity index (χ1v) is 7.31. The number of halogens is 1. The van der Waals surface area contributed by atoms with Crippen molar-refractivity contribution < 1.29 is 9.18 Å². The second kappa shape index (κ2) is 5.54. The number of rotatable bonds is 4. The molecule has 3 nitrogen and oxygen atoms in total. The monoisotopic (exact) mass is 300 g/mol. The topological polar surface area (TPSA) is 55.1 Å². The Kier molecular flexibility index (Phi) is 3.58. The van der Waals surface area contributed by atoms with Gasteiger partial charge in [0.2, 0.25) is 0 Å². The maximum absolute atomic E-state index is 13.4. The maximum Gasteiger partial charge on any atom is 0.251 e. The van der Waals surface area contributed by atoms with Crippen LogP contribution in [0.25, 0.3) is 10.1 Å². The average Bonchev–Trinajstić information content (AvgIpc) is 2.89. The number of nitrogens with one attached hydrogen (secondary N) is 1. The van der Waals surface area contributed by atoms with Crippen LogP contribution >= 0.6 is 11.3 Å². The Bertz CT molecular complexity index is 813. The molecule has 0 spiro atoms. The van der Waals surface area contributed by atoms with Crippen LogP contribution in [0.2, 0.25) is 0 Å². The minimum absolute atomic E-state index is 0.102. The van der Waals surface area contributed by atoms with Crippen molar-refractivity contribution in [2.75, 3.05) is 5.32 Å². The zero-order valence-corrected chi connectivity index (χ0v) is 11.9. The van der Waals surface area contributed by atoms with Crippen LogP contribution in [0.5, 0.6) is 0 Å². The Morgan fingerprint density at radius 3 is 2.86 bits per heavy atom. The van der Waals surface area contributed by atoms with Crippen molar-refractivity contribution in [3.63, 3.8) is 0 Å². The Labute approximate surface area is 125 Å². The fraction of sp³-hybridized carbons (Fsp3) is 0.0625. The predicted octanol–water partition coefficient (Wildman–Crippen LogP) is 3.75. The SMILES string of the molecule is NC(=O)c1cc(NCc2csc3ccccc23)ccc1F. The Balaban J connectivity index is 1.82. The van der Waals surface area contributed by atoms with Gasteiger partial charge in [-0.3, -0.25) is 4.79 Å². The summed E-state index contributed by atoms with van der Waals surface area (Å²) in [5, 5.41) is 6.49. The minimum atomic E-state index is -0.767. The van der Waals surface area contributed by atoms with Gasteiger partial charge < -0.3 is 11.1 Å². The number of nitrogens with two attached hydrogens (primary N) is 1. The van der Waals surface area contributed by atoms with E-state index >= 15 is 0 Å². The van der Waals surface area contributed by atoms with Crippen LogP contribution in [0.1, 0.15) is 15.9 Å². The molecule has 106 valence electrons. The normalized spacial score (nSPS) is 10.7. The van der Waals surface area contributed by atoms with Gasteiger partial charge in [0.1, 0.15) is 5.82 Å². The number of carbonyl (C=O) groups excluding carboxylic acids is 1. The van der Waals surface area contributed by atoms with E-state index in [1.807, 2.05) is 12.1 Å². The van der Waals surface area contributed by atoms with Crippen LogP contribution < -0.4 is 11.1 Å². The van der Waals surface area contributed by atoms with Crippen LogP contribution in [0.15, 0.2) is 47.8 Å². The molecule has 1 aromatic heterocycles. The van der Waals surface area contributed by atoms with E-state index in [9.17, 15) is 9.18 Å². The zero-order valence-electron chi connectivity index (χ0n) is 11.1. The molecule has 0 aliphatic carbocycles. The molecule has 5 heteroatoms. The Morgan fingerprint density at radius 2 is 2.05 bits per heavy atom. The van der Waals surface area contributed by atoms with E-state index < -0.39 is 11.7 Å². The quantitative estimate of drug-likeness (QED) is 0.771. The lowest BCUT2D eigenvalue weighted by Crippen LogP contribution is -2.13. The number of thiophene rings is 1. The number of hydrogen-bond acceptors (Lipinski definition) is 3. The molecule has 3 aromatic rings.